The largest absolute Gasteiger partial charge is 0.481 e. The van der Waals surface area contributed by atoms with Gasteiger partial charge in [0.1, 0.15) is 0 Å². The van der Waals surface area contributed by atoms with Gasteiger partial charge in [0.15, 0.2) is 0 Å². The van der Waals surface area contributed by atoms with E-state index in [-0.39, 0.29) is 12.3 Å². The maximum atomic E-state index is 11.6. The van der Waals surface area contributed by atoms with E-state index in [2.05, 4.69) is 10.3 Å². The molecule has 0 saturated heterocycles. The topological polar surface area (TPSA) is 82.2 Å². The zero-order chi connectivity index (χ0) is 11.5. The Morgan fingerprint density at radius 3 is 2.67 bits per heavy atom. The monoisotopic (exact) mass is 210 g/mol. The standard InChI is InChI=1S/C10H14N2O3/c1-10(2,5-8(13)14)12-9(15)7-3-4-11-6-7/h3-4,6,11H,5H2,1-2H3,(H,12,15)(H,13,14). The number of aliphatic carboxylic acids is 1. The third-order valence-corrected chi connectivity index (χ3v) is 1.91. The van der Waals surface area contributed by atoms with E-state index in [9.17, 15) is 9.59 Å². The number of aromatic amines is 1. The van der Waals surface area contributed by atoms with Gasteiger partial charge in [0.25, 0.3) is 5.91 Å². The number of hydrogen-bond acceptors (Lipinski definition) is 2. The van der Waals surface area contributed by atoms with Crippen LogP contribution in [0.5, 0.6) is 0 Å². The molecule has 82 valence electrons. The van der Waals surface area contributed by atoms with Crippen LogP contribution < -0.4 is 5.32 Å². The zero-order valence-corrected chi connectivity index (χ0v) is 8.70. The molecule has 1 aromatic heterocycles. The Balaban J connectivity index is 2.61. The molecule has 0 bridgehead atoms. The van der Waals surface area contributed by atoms with Crippen molar-refractivity contribution in [2.45, 2.75) is 25.8 Å². The van der Waals surface area contributed by atoms with Gasteiger partial charge in [-0.3, -0.25) is 9.59 Å². The van der Waals surface area contributed by atoms with Crippen LogP contribution in [0.4, 0.5) is 0 Å². The highest BCUT2D eigenvalue weighted by Gasteiger charge is 2.24. The van der Waals surface area contributed by atoms with Gasteiger partial charge in [-0.1, -0.05) is 0 Å². The SMILES string of the molecule is CC(C)(CC(=O)O)NC(=O)c1cc[nH]c1. The lowest BCUT2D eigenvalue weighted by Gasteiger charge is -2.23. The Labute approximate surface area is 87.5 Å². The lowest BCUT2D eigenvalue weighted by atomic mass is 10.0. The Morgan fingerprint density at radius 2 is 2.20 bits per heavy atom. The summed E-state index contributed by atoms with van der Waals surface area (Å²) >= 11 is 0. The van der Waals surface area contributed by atoms with Crippen LogP contribution in [-0.4, -0.2) is 27.5 Å². The van der Waals surface area contributed by atoms with Crippen LogP contribution in [0.3, 0.4) is 0 Å². The first-order valence-electron chi connectivity index (χ1n) is 4.58. The number of carboxylic acid groups (broad SMARTS) is 1. The van der Waals surface area contributed by atoms with Gasteiger partial charge in [0, 0.05) is 17.9 Å². The third-order valence-electron chi connectivity index (χ3n) is 1.91. The van der Waals surface area contributed by atoms with E-state index in [1.807, 2.05) is 0 Å². The lowest BCUT2D eigenvalue weighted by Crippen LogP contribution is -2.44. The Hall–Kier alpha value is -1.78. The molecule has 3 N–H and O–H groups in total. The molecule has 1 heterocycles. The van der Waals surface area contributed by atoms with E-state index < -0.39 is 11.5 Å². The van der Waals surface area contributed by atoms with E-state index in [0.29, 0.717) is 5.56 Å². The van der Waals surface area contributed by atoms with Crippen LogP contribution in [0.25, 0.3) is 0 Å². The summed E-state index contributed by atoms with van der Waals surface area (Å²) in [5.74, 6) is -1.21. The van der Waals surface area contributed by atoms with E-state index in [4.69, 9.17) is 5.11 Å². The van der Waals surface area contributed by atoms with Gasteiger partial charge in [0.2, 0.25) is 0 Å². The average molecular weight is 210 g/mol. The van der Waals surface area contributed by atoms with Gasteiger partial charge in [-0.25, -0.2) is 0 Å². The van der Waals surface area contributed by atoms with E-state index in [1.165, 1.54) is 0 Å². The van der Waals surface area contributed by atoms with Crippen molar-refractivity contribution in [2.75, 3.05) is 0 Å². The van der Waals surface area contributed by atoms with Crippen LogP contribution in [-0.2, 0) is 4.79 Å². The van der Waals surface area contributed by atoms with Gasteiger partial charge in [-0.2, -0.15) is 0 Å². The zero-order valence-electron chi connectivity index (χ0n) is 8.70. The highest BCUT2D eigenvalue weighted by Crippen LogP contribution is 2.09. The molecule has 0 aliphatic heterocycles. The van der Waals surface area contributed by atoms with E-state index in [1.54, 1.807) is 32.3 Å². The fraction of sp³-hybridized carbons (Fsp3) is 0.400. The van der Waals surface area contributed by atoms with Crippen LogP contribution in [0.2, 0.25) is 0 Å². The van der Waals surface area contributed by atoms with Gasteiger partial charge >= 0.3 is 5.97 Å². The van der Waals surface area contributed by atoms with Gasteiger partial charge < -0.3 is 15.4 Å². The van der Waals surface area contributed by atoms with Gasteiger partial charge in [-0.05, 0) is 19.9 Å². The van der Waals surface area contributed by atoms with Crippen molar-refractivity contribution in [3.63, 3.8) is 0 Å². The Bertz CT molecular complexity index is 355. The van der Waals surface area contributed by atoms with Gasteiger partial charge in [0.05, 0.1) is 12.0 Å². The quantitative estimate of drug-likeness (QED) is 0.693. The van der Waals surface area contributed by atoms with Crippen molar-refractivity contribution in [3.8, 4) is 0 Å². The second-order valence-electron chi connectivity index (χ2n) is 4.01. The van der Waals surface area contributed by atoms with Crippen molar-refractivity contribution in [1.82, 2.24) is 10.3 Å². The molecule has 0 saturated carbocycles. The fourth-order valence-electron chi connectivity index (χ4n) is 1.27. The average Bonchev–Trinajstić information content (AvgIpc) is 2.50. The number of carbonyl (C=O) groups excluding carboxylic acids is 1. The molecule has 5 heteroatoms. The van der Waals surface area contributed by atoms with Crippen molar-refractivity contribution >= 4 is 11.9 Å². The second kappa shape index (κ2) is 4.16. The molecular formula is C10H14N2O3. The molecule has 0 aliphatic rings. The highest BCUT2D eigenvalue weighted by molar-refractivity contribution is 5.94. The number of amides is 1. The van der Waals surface area contributed by atoms with Crippen LogP contribution in [0.15, 0.2) is 18.5 Å². The first-order chi connectivity index (χ1) is 6.91. The molecule has 1 aromatic rings. The molecule has 0 aliphatic carbocycles. The molecule has 0 aromatic carbocycles. The predicted molar refractivity (Wildman–Crippen MR) is 54.6 cm³/mol. The van der Waals surface area contributed by atoms with Gasteiger partial charge in [-0.15, -0.1) is 0 Å². The van der Waals surface area contributed by atoms with Crippen molar-refractivity contribution in [3.05, 3.63) is 24.0 Å². The summed E-state index contributed by atoms with van der Waals surface area (Å²) in [6.45, 7) is 3.34. The Morgan fingerprint density at radius 1 is 1.53 bits per heavy atom. The normalized spacial score (nSPS) is 11.1. The first-order valence-corrected chi connectivity index (χ1v) is 4.58. The number of carbonyl (C=O) groups is 2. The molecule has 0 radical (unpaired) electrons. The highest BCUT2D eigenvalue weighted by atomic mass is 16.4. The molecule has 5 nitrogen and oxygen atoms in total. The summed E-state index contributed by atoms with van der Waals surface area (Å²) in [4.78, 5) is 24.9. The minimum atomic E-state index is -0.936. The summed E-state index contributed by atoms with van der Waals surface area (Å²) in [5, 5.41) is 11.3. The molecule has 1 amide bonds. The molecule has 0 unspecified atom stereocenters. The summed E-state index contributed by atoms with van der Waals surface area (Å²) in [5.41, 5.74) is -0.256. The van der Waals surface area contributed by atoms with Crippen LogP contribution in [0, 0.1) is 0 Å². The number of H-pyrrole nitrogens is 1. The minimum Gasteiger partial charge on any atom is -0.481 e. The molecular weight excluding hydrogens is 196 g/mol. The molecule has 1 rings (SSSR count). The number of carboxylic acids is 1. The number of hydrogen-bond donors (Lipinski definition) is 3. The number of aromatic nitrogens is 1. The van der Waals surface area contributed by atoms with E-state index >= 15 is 0 Å². The maximum absolute atomic E-state index is 11.6. The first kappa shape index (κ1) is 11.3. The summed E-state index contributed by atoms with van der Waals surface area (Å²) < 4.78 is 0. The van der Waals surface area contributed by atoms with E-state index in [0.717, 1.165) is 0 Å². The molecule has 15 heavy (non-hydrogen) atoms. The summed E-state index contributed by atoms with van der Waals surface area (Å²) in [7, 11) is 0. The molecule has 0 spiro atoms. The fourth-order valence-corrected chi connectivity index (χ4v) is 1.27. The Kier molecular flexibility index (Phi) is 3.14. The lowest BCUT2D eigenvalue weighted by molar-refractivity contribution is -0.138. The minimum absolute atomic E-state index is 0.108. The third kappa shape index (κ3) is 3.46. The second-order valence-corrected chi connectivity index (χ2v) is 4.01. The number of rotatable bonds is 4. The van der Waals surface area contributed by atoms with Crippen LogP contribution in [0.1, 0.15) is 30.6 Å². The maximum Gasteiger partial charge on any atom is 0.305 e. The van der Waals surface area contributed by atoms with Crippen molar-refractivity contribution in [1.29, 1.82) is 0 Å². The molecule has 0 atom stereocenters. The van der Waals surface area contributed by atoms with Crippen molar-refractivity contribution in [2.24, 2.45) is 0 Å². The van der Waals surface area contributed by atoms with Crippen LogP contribution >= 0.6 is 0 Å². The smallest absolute Gasteiger partial charge is 0.305 e. The van der Waals surface area contributed by atoms with Crippen molar-refractivity contribution < 1.29 is 14.7 Å². The number of nitrogens with one attached hydrogen (secondary N) is 2. The summed E-state index contributed by atoms with van der Waals surface area (Å²) in [6, 6.07) is 1.63. The summed E-state index contributed by atoms with van der Waals surface area (Å²) in [6.07, 6.45) is 3.09. The molecule has 0 fully saturated rings. The predicted octanol–water partition coefficient (Wildman–Crippen LogP) is 0.998.